The number of nitrogens with zero attached hydrogens (tertiary/aromatic N) is 2. The number of ether oxygens (including phenoxy) is 3. The van der Waals surface area contributed by atoms with E-state index in [0.717, 1.165) is 17.5 Å². The van der Waals surface area contributed by atoms with Gasteiger partial charge in [0.05, 0.1) is 24.3 Å². The maximum Gasteiger partial charge on any atom is 0.415 e. The fraction of sp³-hybridized carbons (Fsp3) is 0.316. The number of rotatable bonds is 6. The summed E-state index contributed by atoms with van der Waals surface area (Å²) in [6.45, 7) is 3.09. The monoisotopic (exact) mass is 385 g/mol. The number of benzene rings is 1. The Bertz CT molecular complexity index is 930. The third-order valence-corrected chi connectivity index (χ3v) is 4.31. The second-order valence-electron chi connectivity index (χ2n) is 6.30. The highest BCUT2D eigenvalue weighted by Crippen LogP contribution is 2.27. The van der Waals surface area contributed by atoms with Gasteiger partial charge in [-0.2, -0.15) is 0 Å². The van der Waals surface area contributed by atoms with Crippen LogP contribution in [-0.2, 0) is 11.3 Å². The van der Waals surface area contributed by atoms with Crippen molar-refractivity contribution in [3.63, 3.8) is 0 Å². The zero-order chi connectivity index (χ0) is 19.3. The molecule has 0 spiro atoms. The molecule has 1 amide bonds. The van der Waals surface area contributed by atoms with Gasteiger partial charge in [-0.15, -0.1) is 0 Å². The molecule has 2 aromatic heterocycles. The molecule has 1 aliphatic rings. The fourth-order valence-electron chi connectivity index (χ4n) is 2.83. The van der Waals surface area contributed by atoms with Crippen LogP contribution in [0.4, 0.5) is 4.79 Å². The van der Waals surface area contributed by atoms with E-state index in [1.54, 1.807) is 0 Å². The third kappa shape index (κ3) is 4.15. The number of aromatic nitrogens is 2. The molecule has 4 rings (SSSR count). The molecule has 1 saturated heterocycles. The maximum absolute atomic E-state index is 11.8. The van der Waals surface area contributed by atoms with Crippen molar-refractivity contribution in [2.24, 2.45) is 0 Å². The zero-order valence-corrected chi connectivity index (χ0v) is 15.2. The summed E-state index contributed by atoms with van der Waals surface area (Å²) in [4.78, 5) is 11.8. The number of hydrogen-bond acceptors (Lipinski definition) is 8. The van der Waals surface area contributed by atoms with Gasteiger partial charge in [0, 0.05) is 12.2 Å². The van der Waals surface area contributed by atoms with Gasteiger partial charge in [-0.3, -0.25) is 0 Å². The zero-order valence-electron chi connectivity index (χ0n) is 15.2. The van der Waals surface area contributed by atoms with E-state index in [9.17, 15) is 4.79 Å². The Morgan fingerprint density at radius 1 is 1.25 bits per heavy atom. The summed E-state index contributed by atoms with van der Waals surface area (Å²) >= 11 is 0. The molecule has 9 heteroatoms. The number of nitrogens with one attached hydrogen (secondary N) is 1. The van der Waals surface area contributed by atoms with Gasteiger partial charge in [0.15, 0.2) is 0 Å². The number of hydrogen-bond donors (Lipinski definition) is 1. The number of amides is 1. The Kier molecular flexibility index (Phi) is 5.24. The number of aryl methyl sites for hydroxylation is 1. The molecule has 1 atom stereocenters. The molecule has 0 radical (unpaired) electrons. The highest BCUT2D eigenvalue weighted by atomic mass is 16.7. The normalized spacial score (nSPS) is 16.1. The van der Waals surface area contributed by atoms with Crippen molar-refractivity contribution in [3.8, 4) is 23.1 Å². The van der Waals surface area contributed by atoms with Gasteiger partial charge >= 0.3 is 12.0 Å². The molecule has 3 heterocycles. The summed E-state index contributed by atoms with van der Waals surface area (Å²) < 4.78 is 26.2. The Labute approximate surface area is 160 Å². The lowest BCUT2D eigenvalue weighted by atomic mass is 10.1. The van der Waals surface area contributed by atoms with Crippen LogP contribution in [0.2, 0.25) is 0 Å². The average molecular weight is 385 g/mol. The SMILES string of the molecule is Cc1onc(-c2ccccc2)c1COc1cc(OC(=O)NC2CCOC2)on1. The molecule has 1 fully saturated rings. The van der Waals surface area contributed by atoms with Crippen LogP contribution >= 0.6 is 0 Å². The first-order valence-electron chi connectivity index (χ1n) is 8.85. The van der Waals surface area contributed by atoms with Crippen molar-refractivity contribution in [1.82, 2.24) is 15.6 Å². The van der Waals surface area contributed by atoms with Crippen LogP contribution in [-0.4, -0.2) is 35.7 Å². The first-order chi connectivity index (χ1) is 13.7. The molecule has 1 N–H and O–H groups in total. The van der Waals surface area contributed by atoms with Crippen LogP contribution in [0, 0.1) is 6.92 Å². The van der Waals surface area contributed by atoms with Gasteiger partial charge in [-0.05, 0) is 18.5 Å². The largest absolute Gasteiger partial charge is 0.470 e. The molecule has 0 aliphatic carbocycles. The van der Waals surface area contributed by atoms with Crippen molar-refractivity contribution < 1.29 is 28.1 Å². The van der Waals surface area contributed by atoms with E-state index in [-0.39, 0.29) is 24.5 Å². The minimum atomic E-state index is -0.626. The molecule has 3 aromatic rings. The Balaban J connectivity index is 1.36. The summed E-state index contributed by atoms with van der Waals surface area (Å²) in [5, 5.41) is 10.5. The molecule has 0 saturated carbocycles. The minimum Gasteiger partial charge on any atom is -0.470 e. The van der Waals surface area contributed by atoms with E-state index in [2.05, 4.69) is 15.6 Å². The first-order valence-corrected chi connectivity index (χ1v) is 8.85. The molecule has 9 nitrogen and oxygen atoms in total. The Morgan fingerprint density at radius 2 is 2.11 bits per heavy atom. The van der Waals surface area contributed by atoms with Crippen LogP contribution in [0.5, 0.6) is 11.8 Å². The van der Waals surface area contributed by atoms with Crippen LogP contribution in [0.1, 0.15) is 17.7 Å². The molecule has 1 aromatic carbocycles. The van der Waals surface area contributed by atoms with E-state index in [0.29, 0.717) is 24.7 Å². The molecule has 28 heavy (non-hydrogen) atoms. The number of carbonyl (C=O) groups is 1. The van der Waals surface area contributed by atoms with Crippen molar-refractivity contribution >= 4 is 6.09 Å². The lowest BCUT2D eigenvalue weighted by Crippen LogP contribution is -2.36. The summed E-state index contributed by atoms with van der Waals surface area (Å²) in [7, 11) is 0. The van der Waals surface area contributed by atoms with Gasteiger partial charge in [0.25, 0.3) is 5.88 Å². The van der Waals surface area contributed by atoms with Gasteiger partial charge < -0.3 is 28.6 Å². The third-order valence-electron chi connectivity index (χ3n) is 4.31. The van der Waals surface area contributed by atoms with Gasteiger partial charge in [0.1, 0.15) is 18.1 Å². The van der Waals surface area contributed by atoms with E-state index >= 15 is 0 Å². The summed E-state index contributed by atoms with van der Waals surface area (Å²) in [5.74, 6) is 0.778. The lowest BCUT2D eigenvalue weighted by molar-refractivity contribution is 0.166. The van der Waals surface area contributed by atoms with Crippen molar-refractivity contribution in [2.75, 3.05) is 13.2 Å². The molecule has 1 unspecified atom stereocenters. The molecule has 1 aliphatic heterocycles. The fourth-order valence-corrected chi connectivity index (χ4v) is 2.83. The minimum absolute atomic E-state index is 0.0564. The van der Waals surface area contributed by atoms with Crippen molar-refractivity contribution in [3.05, 3.63) is 47.7 Å². The highest BCUT2D eigenvalue weighted by molar-refractivity contribution is 5.70. The second-order valence-corrected chi connectivity index (χ2v) is 6.30. The summed E-state index contributed by atoms with van der Waals surface area (Å²) in [6, 6.07) is 11.0. The first kappa shape index (κ1) is 18.1. The van der Waals surface area contributed by atoms with Crippen LogP contribution < -0.4 is 14.8 Å². The molecular weight excluding hydrogens is 366 g/mol. The van der Waals surface area contributed by atoms with E-state index in [4.69, 9.17) is 23.3 Å². The topological polar surface area (TPSA) is 109 Å². The van der Waals surface area contributed by atoms with Gasteiger partial charge in [-0.25, -0.2) is 4.79 Å². The van der Waals surface area contributed by atoms with Gasteiger partial charge in [-0.1, -0.05) is 35.5 Å². The molecule has 146 valence electrons. The van der Waals surface area contributed by atoms with Crippen LogP contribution in [0.3, 0.4) is 0 Å². The average Bonchev–Trinajstić information content (AvgIpc) is 3.43. The van der Waals surface area contributed by atoms with Crippen molar-refractivity contribution in [2.45, 2.75) is 26.0 Å². The quantitative estimate of drug-likeness (QED) is 0.689. The van der Waals surface area contributed by atoms with Crippen molar-refractivity contribution in [1.29, 1.82) is 0 Å². The van der Waals surface area contributed by atoms with E-state index in [1.165, 1.54) is 6.07 Å². The van der Waals surface area contributed by atoms with Crippen LogP contribution in [0.25, 0.3) is 11.3 Å². The Morgan fingerprint density at radius 3 is 2.89 bits per heavy atom. The Hall–Kier alpha value is -3.33. The predicted octanol–water partition coefficient (Wildman–Crippen LogP) is 3.09. The molecular formula is C19H19N3O6. The highest BCUT2D eigenvalue weighted by Gasteiger charge is 2.20. The van der Waals surface area contributed by atoms with E-state index < -0.39 is 6.09 Å². The van der Waals surface area contributed by atoms with E-state index in [1.807, 2.05) is 37.3 Å². The smallest absolute Gasteiger partial charge is 0.415 e. The second kappa shape index (κ2) is 8.13. The van der Waals surface area contributed by atoms with Gasteiger partial charge in [0.2, 0.25) is 0 Å². The van der Waals surface area contributed by atoms with Crippen LogP contribution in [0.15, 0.2) is 45.4 Å². The summed E-state index contributed by atoms with van der Waals surface area (Å²) in [5.41, 5.74) is 2.43. The standard InChI is InChI=1S/C19H19N3O6/c1-12-15(18(22-27-12)13-5-3-2-4-6-13)11-25-16-9-17(28-21-16)26-19(23)20-14-7-8-24-10-14/h2-6,9,14H,7-8,10-11H2,1H3,(H,20,23). The summed E-state index contributed by atoms with van der Waals surface area (Å²) in [6.07, 6.45) is 0.126. The predicted molar refractivity (Wildman–Crippen MR) is 95.9 cm³/mol. The lowest BCUT2D eigenvalue weighted by Gasteiger charge is -2.08. The number of carbonyl (C=O) groups excluding carboxylic acids is 1. The maximum atomic E-state index is 11.8. The molecule has 0 bridgehead atoms.